The summed E-state index contributed by atoms with van der Waals surface area (Å²) in [5.74, 6) is 0. The number of hydrogen-bond acceptors (Lipinski definition) is 1. The first-order valence-corrected chi connectivity index (χ1v) is 8.01. The van der Waals surface area contributed by atoms with Crippen molar-refractivity contribution in [1.29, 1.82) is 0 Å². The zero-order chi connectivity index (χ0) is 16.4. The van der Waals surface area contributed by atoms with E-state index in [1.807, 2.05) is 30.3 Å². The predicted octanol–water partition coefficient (Wildman–Crippen LogP) is 5.39. The quantitative estimate of drug-likeness (QED) is 0.505. The van der Waals surface area contributed by atoms with E-state index in [9.17, 15) is 0 Å². The van der Waals surface area contributed by atoms with Gasteiger partial charge < -0.3 is 10.3 Å². The second-order valence-electron chi connectivity index (χ2n) is 5.77. The maximum absolute atomic E-state index is 6.03. The first-order valence-electron chi connectivity index (χ1n) is 8.01. The van der Waals surface area contributed by atoms with Crippen LogP contribution in [0.25, 0.3) is 28.2 Å². The number of aromatic nitrogens is 1. The largest absolute Gasteiger partial charge is 0.399 e. The molecule has 0 saturated heterocycles. The van der Waals surface area contributed by atoms with Crippen LogP contribution in [0.5, 0.6) is 0 Å². The molecule has 1 aromatic heterocycles. The van der Waals surface area contributed by atoms with Crippen LogP contribution in [-0.4, -0.2) is 4.57 Å². The zero-order valence-corrected chi connectivity index (χ0v) is 13.3. The smallest absolute Gasteiger partial charge is 0.0535 e. The molecule has 116 valence electrons. The third-order valence-corrected chi connectivity index (χ3v) is 4.15. The maximum atomic E-state index is 6.03. The van der Waals surface area contributed by atoms with Crippen LogP contribution in [0.3, 0.4) is 0 Å². The Labute approximate surface area is 141 Å². The Morgan fingerprint density at radius 3 is 1.58 bits per heavy atom. The molecule has 0 spiro atoms. The van der Waals surface area contributed by atoms with E-state index in [1.165, 1.54) is 11.1 Å². The van der Waals surface area contributed by atoms with Gasteiger partial charge in [0.25, 0.3) is 0 Å². The van der Waals surface area contributed by atoms with E-state index >= 15 is 0 Å². The number of anilines is 1. The van der Waals surface area contributed by atoms with Gasteiger partial charge in [0.2, 0.25) is 0 Å². The van der Waals surface area contributed by atoms with Gasteiger partial charge in [-0.2, -0.15) is 0 Å². The summed E-state index contributed by atoms with van der Waals surface area (Å²) in [6.07, 6.45) is 0. The van der Waals surface area contributed by atoms with E-state index in [0.29, 0.717) is 0 Å². The van der Waals surface area contributed by atoms with Gasteiger partial charge in [0.05, 0.1) is 11.4 Å². The van der Waals surface area contributed by atoms with Gasteiger partial charge in [-0.3, -0.25) is 0 Å². The molecule has 0 radical (unpaired) electrons. The van der Waals surface area contributed by atoms with Crippen molar-refractivity contribution in [1.82, 2.24) is 4.57 Å². The summed E-state index contributed by atoms with van der Waals surface area (Å²) in [5.41, 5.74) is 12.5. The van der Waals surface area contributed by atoms with Crippen molar-refractivity contribution in [2.45, 2.75) is 0 Å². The van der Waals surface area contributed by atoms with Crippen molar-refractivity contribution < 1.29 is 0 Å². The number of benzene rings is 3. The van der Waals surface area contributed by atoms with E-state index in [4.69, 9.17) is 5.73 Å². The summed E-state index contributed by atoms with van der Waals surface area (Å²) in [4.78, 5) is 0. The van der Waals surface area contributed by atoms with Crippen LogP contribution in [0.15, 0.2) is 97.1 Å². The molecular formula is C22H18N2. The number of rotatable bonds is 3. The van der Waals surface area contributed by atoms with Crippen molar-refractivity contribution in [3.05, 3.63) is 97.1 Å². The molecule has 2 heteroatoms. The van der Waals surface area contributed by atoms with Crippen molar-refractivity contribution in [2.24, 2.45) is 0 Å². The van der Waals surface area contributed by atoms with Crippen LogP contribution < -0.4 is 5.73 Å². The molecule has 24 heavy (non-hydrogen) atoms. The van der Waals surface area contributed by atoms with Crippen molar-refractivity contribution >= 4 is 5.69 Å². The van der Waals surface area contributed by atoms with Gasteiger partial charge in [0.1, 0.15) is 0 Å². The molecule has 0 aliphatic carbocycles. The number of nitrogens with zero attached hydrogens (tertiary/aromatic N) is 1. The molecule has 2 nitrogen and oxygen atoms in total. The first-order chi connectivity index (χ1) is 11.8. The highest BCUT2D eigenvalue weighted by molar-refractivity contribution is 5.73. The van der Waals surface area contributed by atoms with Gasteiger partial charge in [-0.15, -0.1) is 0 Å². The molecule has 0 amide bonds. The Balaban J connectivity index is 1.98. The summed E-state index contributed by atoms with van der Waals surface area (Å²) < 4.78 is 2.26. The number of nitrogen functional groups attached to an aromatic ring is 1. The van der Waals surface area contributed by atoms with E-state index < -0.39 is 0 Å². The van der Waals surface area contributed by atoms with Crippen molar-refractivity contribution in [3.63, 3.8) is 0 Å². The minimum Gasteiger partial charge on any atom is -0.399 e. The van der Waals surface area contributed by atoms with Crippen molar-refractivity contribution in [2.75, 3.05) is 5.73 Å². The molecule has 1 heterocycles. The second-order valence-corrected chi connectivity index (χ2v) is 5.77. The maximum Gasteiger partial charge on any atom is 0.0535 e. The third-order valence-electron chi connectivity index (χ3n) is 4.15. The van der Waals surface area contributed by atoms with Crippen LogP contribution in [-0.2, 0) is 0 Å². The van der Waals surface area contributed by atoms with Gasteiger partial charge in [-0.1, -0.05) is 66.7 Å². The lowest BCUT2D eigenvalue weighted by Crippen LogP contribution is -2.00. The molecule has 0 aliphatic heterocycles. The summed E-state index contributed by atoms with van der Waals surface area (Å²) in [7, 11) is 0. The van der Waals surface area contributed by atoms with E-state index in [0.717, 1.165) is 22.8 Å². The minimum absolute atomic E-state index is 0.763. The first kappa shape index (κ1) is 14.3. The molecule has 3 aromatic carbocycles. The molecular weight excluding hydrogens is 292 g/mol. The highest BCUT2D eigenvalue weighted by Gasteiger charge is 2.13. The normalized spacial score (nSPS) is 10.7. The summed E-state index contributed by atoms with van der Waals surface area (Å²) in [6, 6.07) is 33.2. The topological polar surface area (TPSA) is 30.9 Å². The van der Waals surface area contributed by atoms with Crippen LogP contribution >= 0.6 is 0 Å². The Bertz CT molecular complexity index is 897. The number of hydrogen-bond donors (Lipinski definition) is 1. The standard InChI is InChI=1S/C22H18N2/c23-19-12-7-13-20(16-19)24-21(17-8-3-1-4-9-17)14-15-22(24)18-10-5-2-6-11-18/h1-16H,23H2. The summed E-state index contributed by atoms with van der Waals surface area (Å²) in [6.45, 7) is 0. The lowest BCUT2D eigenvalue weighted by Gasteiger charge is -2.15. The predicted molar refractivity (Wildman–Crippen MR) is 101 cm³/mol. The average Bonchev–Trinajstić information content (AvgIpc) is 3.08. The average molecular weight is 310 g/mol. The summed E-state index contributed by atoms with van der Waals surface area (Å²) >= 11 is 0. The Morgan fingerprint density at radius 1 is 0.542 bits per heavy atom. The van der Waals surface area contributed by atoms with Crippen LogP contribution in [0.4, 0.5) is 5.69 Å². The number of nitrogens with two attached hydrogens (primary N) is 1. The van der Waals surface area contributed by atoms with Crippen molar-refractivity contribution in [3.8, 4) is 28.2 Å². The third kappa shape index (κ3) is 2.59. The van der Waals surface area contributed by atoms with Gasteiger partial charge in [-0.25, -0.2) is 0 Å². The van der Waals surface area contributed by atoms with Gasteiger partial charge in [-0.05, 0) is 41.5 Å². The SMILES string of the molecule is Nc1cccc(-n2c(-c3ccccc3)ccc2-c2ccccc2)c1. The molecule has 0 unspecified atom stereocenters. The van der Waals surface area contributed by atoms with E-state index in [2.05, 4.69) is 71.3 Å². The van der Waals surface area contributed by atoms with Gasteiger partial charge >= 0.3 is 0 Å². The molecule has 0 bridgehead atoms. The van der Waals surface area contributed by atoms with Gasteiger partial charge in [0, 0.05) is 11.4 Å². The monoisotopic (exact) mass is 310 g/mol. The minimum atomic E-state index is 0.763. The molecule has 4 rings (SSSR count). The van der Waals surface area contributed by atoms with E-state index in [-0.39, 0.29) is 0 Å². The molecule has 0 atom stereocenters. The Hall–Kier alpha value is -3.26. The fourth-order valence-corrected chi connectivity index (χ4v) is 3.05. The van der Waals surface area contributed by atoms with Gasteiger partial charge in [0.15, 0.2) is 0 Å². The Morgan fingerprint density at radius 2 is 1.08 bits per heavy atom. The van der Waals surface area contributed by atoms with Crippen LogP contribution in [0.2, 0.25) is 0 Å². The molecule has 0 fully saturated rings. The van der Waals surface area contributed by atoms with Crippen LogP contribution in [0, 0.1) is 0 Å². The molecule has 0 saturated carbocycles. The highest BCUT2D eigenvalue weighted by atomic mass is 15.0. The molecule has 2 N–H and O–H groups in total. The molecule has 4 aromatic rings. The molecule has 0 aliphatic rings. The zero-order valence-electron chi connectivity index (χ0n) is 13.3. The fraction of sp³-hybridized carbons (Fsp3) is 0. The Kier molecular flexibility index (Phi) is 3.64. The summed E-state index contributed by atoms with van der Waals surface area (Å²) in [5, 5.41) is 0. The van der Waals surface area contributed by atoms with Crippen LogP contribution in [0.1, 0.15) is 0 Å². The van der Waals surface area contributed by atoms with E-state index in [1.54, 1.807) is 0 Å². The highest BCUT2D eigenvalue weighted by Crippen LogP contribution is 2.32. The fourth-order valence-electron chi connectivity index (χ4n) is 3.05. The lowest BCUT2D eigenvalue weighted by atomic mass is 10.1. The lowest BCUT2D eigenvalue weighted by molar-refractivity contribution is 1.10. The second kappa shape index (κ2) is 6.09.